The van der Waals surface area contributed by atoms with Crippen LogP contribution >= 0.6 is 0 Å². The van der Waals surface area contributed by atoms with Gasteiger partial charge in [-0.3, -0.25) is 10.1 Å². The van der Waals surface area contributed by atoms with Gasteiger partial charge in [-0.1, -0.05) is 0 Å². The molecule has 0 saturated heterocycles. The van der Waals surface area contributed by atoms with Crippen molar-refractivity contribution in [3.05, 3.63) is 33.1 Å². The molecule has 0 aliphatic heterocycles. The van der Waals surface area contributed by atoms with E-state index in [1.807, 2.05) is 0 Å². The number of sulfonamides is 1. The van der Waals surface area contributed by atoms with Crippen LogP contribution in [0, 0.1) is 29.8 Å². The Balaban J connectivity index is 3.43. The molecule has 21 heavy (non-hydrogen) atoms. The molecule has 11 heteroatoms. The van der Waals surface area contributed by atoms with Crippen molar-refractivity contribution < 1.29 is 30.9 Å². The molecule has 0 radical (unpaired) electrons. The van der Waals surface area contributed by atoms with Gasteiger partial charge in [0.1, 0.15) is 6.54 Å². The fourth-order valence-corrected chi connectivity index (χ4v) is 3.27. The number of hydrogen-bond acceptors (Lipinski definition) is 4. The van der Waals surface area contributed by atoms with Crippen molar-refractivity contribution in [1.29, 1.82) is 0 Å². The van der Waals surface area contributed by atoms with E-state index in [-0.39, 0.29) is 5.56 Å². The van der Waals surface area contributed by atoms with Crippen LogP contribution in [0.4, 0.5) is 23.2 Å². The highest BCUT2D eigenvalue weighted by molar-refractivity contribution is 7.89. The summed E-state index contributed by atoms with van der Waals surface area (Å²) in [7, 11) is -4.67. The third-order valence-corrected chi connectivity index (χ3v) is 4.23. The minimum absolute atomic E-state index is 0.231. The van der Waals surface area contributed by atoms with Gasteiger partial charge in [0.15, 0.2) is 0 Å². The molecule has 0 aromatic heterocycles. The van der Waals surface area contributed by atoms with Gasteiger partial charge in [-0.25, -0.2) is 13.1 Å². The van der Waals surface area contributed by atoms with Crippen LogP contribution in [0.25, 0.3) is 0 Å². The van der Waals surface area contributed by atoms with E-state index in [0.29, 0.717) is 6.07 Å². The molecular formula is C10H10F4N2O4S. The van der Waals surface area contributed by atoms with Gasteiger partial charge in [-0.15, -0.1) is 0 Å². The van der Waals surface area contributed by atoms with E-state index >= 15 is 0 Å². The van der Waals surface area contributed by atoms with Crippen LogP contribution in [0.1, 0.15) is 11.1 Å². The van der Waals surface area contributed by atoms with E-state index in [2.05, 4.69) is 0 Å². The van der Waals surface area contributed by atoms with Crippen LogP contribution in [-0.4, -0.2) is 26.1 Å². The van der Waals surface area contributed by atoms with Gasteiger partial charge in [-0.2, -0.15) is 17.6 Å². The van der Waals surface area contributed by atoms with Crippen molar-refractivity contribution in [2.24, 2.45) is 0 Å². The molecule has 0 spiro atoms. The summed E-state index contributed by atoms with van der Waals surface area (Å²) in [6.07, 6.45) is -4.79. The lowest BCUT2D eigenvalue weighted by Crippen LogP contribution is -2.34. The second-order valence-electron chi connectivity index (χ2n) is 4.17. The highest BCUT2D eigenvalue weighted by Gasteiger charge is 2.33. The van der Waals surface area contributed by atoms with Crippen LogP contribution in [-0.2, 0) is 10.0 Å². The predicted molar refractivity (Wildman–Crippen MR) is 63.8 cm³/mol. The van der Waals surface area contributed by atoms with Crippen LogP contribution in [0.15, 0.2) is 11.0 Å². The molecule has 0 heterocycles. The van der Waals surface area contributed by atoms with Crippen LogP contribution < -0.4 is 4.72 Å². The molecule has 0 bridgehead atoms. The minimum Gasteiger partial charge on any atom is -0.258 e. The molecule has 0 unspecified atom stereocenters. The number of alkyl halides is 3. The monoisotopic (exact) mass is 330 g/mol. The maximum atomic E-state index is 13.5. The van der Waals surface area contributed by atoms with Gasteiger partial charge in [0.25, 0.3) is 0 Å². The first-order chi connectivity index (χ1) is 9.37. The molecule has 0 saturated carbocycles. The lowest BCUT2D eigenvalue weighted by Gasteiger charge is -2.13. The third kappa shape index (κ3) is 3.88. The van der Waals surface area contributed by atoms with Crippen molar-refractivity contribution in [2.45, 2.75) is 24.9 Å². The normalized spacial score (nSPS) is 12.5. The summed E-state index contributed by atoms with van der Waals surface area (Å²) in [5, 5.41) is 10.7. The van der Waals surface area contributed by atoms with Crippen LogP contribution in [0.2, 0.25) is 0 Å². The quantitative estimate of drug-likeness (QED) is 0.521. The summed E-state index contributed by atoms with van der Waals surface area (Å²) < 4.78 is 74.7. The molecule has 1 N–H and O–H groups in total. The second-order valence-corrected chi connectivity index (χ2v) is 5.88. The zero-order chi connectivity index (χ0) is 16.6. The average molecular weight is 330 g/mol. The van der Waals surface area contributed by atoms with E-state index in [1.54, 1.807) is 0 Å². The zero-order valence-corrected chi connectivity index (χ0v) is 11.6. The molecule has 0 aliphatic carbocycles. The van der Waals surface area contributed by atoms with E-state index in [1.165, 1.54) is 4.72 Å². The summed E-state index contributed by atoms with van der Waals surface area (Å²) in [6, 6.07) is 0.591. The molecular weight excluding hydrogens is 320 g/mol. The largest absolute Gasteiger partial charge is 0.402 e. The molecule has 0 fully saturated rings. The van der Waals surface area contributed by atoms with Crippen molar-refractivity contribution in [3.8, 4) is 0 Å². The third-order valence-electron chi connectivity index (χ3n) is 2.54. The highest BCUT2D eigenvalue weighted by Crippen LogP contribution is 2.31. The number of halogens is 4. The Morgan fingerprint density at radius 2 is 1.86 bits per heavy atom. The van der Waals surface area contributed by atoms with E-state index in [0.717, 1.165) is 13.8 Å². The molecule has 0 aliphatic rings. The fourth-order valence-electron chi connectivity index (χ4n) is 1.79. The molecule has 0 atom stereocenters. The Morgan fingerprint density at radius 3 is 2.29 bits per heavy atom. The first-order valence-corrected chi connectivity index (χ1v) is 6.85. The Hall–Kier alpha value is -1.75. The summed E-state index contributed by atoms with van der Waals surface area (Å²) in [5.41, 5.74) is -1.88. The van der Waals surface area contributed by atoms with Gasteiger partial charge < -0.3 is 0 Å². The highest BCUT2D eigenvalue weighted by atomic mass is 32.2. The zero-order valence-electron chi connectivity index (χ0n) is 10.8. The SMILES string of the molecule is Cc1cc(F)c([N+](=O)[O-])c(C)c1S(=O)(=O)NCC(F)(F)F. The van der Waals surface area contributed by atoms with Gasteiger partial charge in [0.2, 0.25) is 15.8 Å². The number of rotatable bonds is 4. The number of benzene rings is 1. The number of nitrogens with one attached hydrogen (secondary N) is 1. The molecule has 0 amide bonds. The second kappa shape index (κ2) is 5.56. The summed E-state index contributed by atoms with van der Waals surface area (Å²) in [4.78, 5) is 8.85. The molecule has 118 valence electrons. The van der Waals surface area contributed by atoms with E-state index in [4.69, 9.17) is 0 Å². The van der Waals surface area contributed by atoms with Gasteiger partial charge >= 0.3 is 11.9 Å². The standard InChI is InChI=1S/C10H10F4N2O4S/c1-5-3-7(11)8(16(17)18)6(2)9(5)21(19,20)15-4-10(12,13)14/h3,15H,4H2,1-2H3. The first kappa shape index (κ1) is 17.3. The number of hydrogen-bond donors (Lipinski definition) is 1. The summed E-state index contributed by atoms with van der Waals surface area (Å²) >= 11 is 0. The van der Waals surface area contributed by atoms with E-state index < -0.39 is 49.6 Å². The van der Waals surface area contributed by atoms with Crippen molar-refractivity contribution in [1.82, 2.24) is 4.72 Å². The van der Waals surface area contributed by atoms with Crippen molar-refractivity contribution in [3.63, 3.8) is 0 Å². The maximum Gasteiger partial charge on any atom is 0.402 e. The molecule has 1 rings (SSSR count). The lowest BCUT2D eigenvalue weighted by atomic mass is 10.1. The Bertz CT molecular complexity index is 685. The minimum atomic E-state index is -4.79. The van der Waals surface area contributed by atoms with Gasteiger partial charge in [0.05, 0.1) is 15.4 Å². The maximum absolute atomic E-state index is 13.5. The number of aryl methyl sites for hydroxylation is 1. The summed E-state index contributed by atoms with van der Waals surface area (Å²) in [5.74, 6) is -1.26. The van der Waals surface area contributed by atoms with Gasteiger partial charge in [-0.05, 0) is 25.5 Å². The van der Waals surface area contributed by atoms with Gasteiger partial charge in [0, 0.05) is 0 Å². The number of nitrogens with zero attached hydrogens (tertiary/aromatic N) is 1. The Kier molecular flexibility index (Phi) is 4.58. The Morgan fingerprint density at radius 1 is 1.33 bits per heavy atom. The number of nitro groups is 1. The predicted octanol–water partition coefficient (Wildman–Crippen LogP) is 2.19. The van der Waals surface area contributed by atoms with E-state index in [9.17, 15) is 36.1 Å². The lowest BCUT2D eigenvalue weighted by molar-refractivity contribution is -0.388. The Labute approximate surface area is 117 Å². The topological polar surface area (TPSA) is 89.3 Å². The fraction of sp³-hybridized carbons (Fsp3) is 0.400. The smallest absolute Gasteiger partial charge is 0.258 e. The average Bonchev–Trinajstić information content (AvgIpc) is 2.23. The van der Waals surface area contributed by atoms with Crippen molar-refractivity contribution >= 4 is 15.7 Å². The first-order valence-electron chi connectivity index (χ1n) is 5.37. The molecule has 1 aromatic rings. The van der Waals surface area contributed by atoms with Crippen molar-refractivity contribution in [2.75, 3.05) is 6.54 Å². The number of nitro benzene ring substituents is 1. The van der Waals surface area contributed by atoms with Crippen LogP contribution in [0.5, 0.6) is 0 Å². The van der Waals surface area contributed by atoms with Crippen LogP contribution in [0.3, 0.4) is 0 Å². The summed E-state index contributed by atoms with van der Waals surface area (Å²) in [6.45, 7) is 0.248. The molecule has 6 nitrogen and oxygen atoms in total. The molecule has 1 aromatic carbocycles.